The Morgan fingerprint density at radius 3 is 1.04 bits per heavy atom. The summed E-state index contributed by atoms with van der Waals surface area (Å²) in [5, 5.41) is 0. The summed E-state index contributed by atoms with van der Waals surface area (Å²) >= 11 is -2.06. The molecule has 3 aromatic rings. The van der Waals surface area contributed by atoms with Crippen molar-refractivity contribution in [1.29, 1.82) is 0 Å². The van der Waals surface area contributed by atoms with E-state index in [1.54, 1.807) is 0 Å². The van der Waals surface area contributed by atoms with Crippen LogP contribution in [0.15, 0.2) is 91.0 Å². The summed E-state index contributed by atoms with van der Waals surface area (Å²) in [4.78, 5) is 20.0. The summed E-state index contributed by atoms with van der Waals surface area (Å²) in [6.07, 6.45) is 1.06. The van der Waals surface area contributed by atoms with Crippen molar-refractivity contribution in [3.8, 4) is 0 Å². The molecule has 0 atom stereocenters. The van der Waals surface area contributed by atoms with Gasteiger partial charge in [0.25, 0.3) is 0 Å². The molecule has 26 heavy (non-hydrogen) atoms. The molecular weight excluding hydrogens is 517 g/mol. The van der Waals surface area contributed by atoms with E-state index in [4.69, 9.17) is 0 Å². The third kappa shape index (κ3) is 6.57. The molecule has 0 N–H and O–H groups in total. The predicted molar refractivity (Wildman–Crippen MR) is 110 cm³/mol. The first-order valence-corrected chi connectivity index (χ1v) is 13.6. The fourth-order valence-corrected chi connectivity index (χ4v) is 11.4. The van der Waals surface area contributed by atoms with E-state index >= 15 is 0 Å². The SMILES string of the molecule is CC(=O)[CH-]C(C)=O.c1cc[c]([Bi]([c]2ccccc2)[c]2ccccc2)cc1. The van der Waals surface area contributed by atoms with Crippen LogP contribution in [-0.2, 0) is 9.59 Å². The molecule has 0 heterocycles. The van der Waals surface area contributed by atoms with E-state index in [9.17, 15) is 9.59 Å². The molecule has 0 aliphatic rings. The van der Waals surface area contributed by atoms with Crippen LogP contribution in [-0.4, -0.2) is 33.3 Å². The van der Waals surface area contributed by atoms with Gasteiger partial charge in [0.1, 0.15) is 0 Å². The Bertz CT molecular complexity index is 709. The van der Waals surface area contributed by atoms with E-state index in [1.165, 1.54) is 23.7 Å². The molecule has 0 radical (unpaired) electrons. The standard InChI is InChI=1S/3C6H5.C5H7O2.Bi/c3*1-2-4-6-5-3-1;1-4(6)3-5(2)7;/h3*1-5H;3H,1-2H3;/q;;;-1;. The van der Waals surface area contributed by atoms with Crippen molar-refractivity contribution >= 4 is 43.1 Å². The maximum atomic E-state index is 9.98. The first-order valence-electron chi connectivity index (χ1n) is 8.39. The van der Waals surface area contributed by atoms with Gasteiger partial charge in [-0.05, 0) is 13.8 Å². The monoisotopic (exact) mass is 539 g/mol. The third-order valence-electron chi connectivity index (χ3n) is 3.45. The molecule has 0 saturated heterocycles. The number of hydrogen-bond donors (Lipinski definition) is 0. The van der Waals surface area contributed by atoms with E-state index in [0.29, 0.717) is 0 Å². The second-order valence-corrected chi connectivity index (χ2v) is 14.3. The minimum atomic E-state index is -2.06. The van der Waals surface area contributed by atoms with Crippen molar-refractivity contribution in [3.05, 3.63) is 97.4 Å². The zero-order valence-electron chi connectivity index (χ0n) is 15.0. The Labute approximate surface area is 163 Å². The molecule has 0 amide bonds. The van der Waals surface area contributed by atoms with E-state index in [0.717, 1.165) is 6.42 Å². The Balaban J connectivity index is 0.000000298. The minimum absolute atomic E-state index is 0.187. The number of ketones is 2. The first-order chi connectivity index (χ1) is 12.6. The van der Waals surface area contributed by atoms with Gasteiger partial charge in [-0.1, -0.05) is 0 Å². The van der Waals surface area contributed by atoms with Crippen molar-refractivity contribution < 1.29 is 9.59 Å². The fraction of sp³-hybridized carbons (Fsp3) is 0.0870. The van der Waals surface area contributed by atoms with Gasteiger partial charge in [-0.2, -0.15) is 0 Å². The van der Waals surface area contributed by atoms with E-state index in [-0.39, 0.29) is 11.6 Å². The fourth-order valence-electron chi connectivity index (χ4n) is 2.46. The quantitative estimate of drug-likeness (QED) is 0.284. The summed E-state index contributed by atoms with van der Waals surface area (Å²) in [5.41, 5.74) is 0. The molecule has 0 bridgehead atoms. The van der Waals surface area contributed by atoms with Crippen molar-refractivity contribution in [3.63, 3.8) is 0 Å². The van der Waals surface area contributed by atoms with Crippen LogP contribution in [0.3, 0.4) is 0 Å². The van der Waals surface area contributed by atoms with Crippen molar-refractivity contribution in [1.82, 2.24) is 0 Å². The number of Topliss-reactive ketones (excluding diaryl/α,β-unsaturated/α-hetero) is 2. The molecule has 0 aliphatic heterocycles. The Kier molecular flexibility index (Phi) is 8.24. The molecule has 3 rings (SSSR count). The Morgan fingerprint density at radius 1 is 0.577 bits per heavy atom. The average molecular weight is 539 g/mol. The molecule has 0 aromatic heterocycles. The molecule has 132 valence electrons. The van der Waals surface area contributed by atoms with Crippen molar-refractivity contribution in [2.75, 3.05) is 0 Å². The number of carbonyl (C=O) groups is 2. The molecule has 0 fully saturated rings. The van der Waals surface area contributed by atoms with Crippen LogP contribution in [0, 0.1) is 6.42 Å². The van der Waals surface area contributed by atoms with Gasteiger partial charge >= 0.3 is 123 Å². The zero-order chi connectivity index (χ0) is 18.8. The maximum absolute atomic E-state index is 9.98. The van der Waals surface area contributed by atoms with Crippen molar-refractivity contribution in [2.24, 2.45) is 0 Å². The van der Waals surface area contributed by atoms with Gasteiger partial charge in [-0.15, -0.1) is 0 Å². The molecule has 0 aliphatic carbocycles. The van der Waals surface area contributed by atoms with Crippen LogP contribution in [0.1, 0.15) is 13.8 Å². The van der Waals surface area contributed by atoms with Crippen LogP contribution in [0.4, 0.5) is 0 Å². The van der Waals surface area contributed by atoms with Crippen molar-refractivity contribution in [2.45, 2.75) is 13.8 Å². The van der Waals surface area contributed by atoms with Gasteiger partial charge in [0.2, 0.25) is 0 Å². The van der Waals surface area contributed by atoms with Gasteiger partial charge < -0.3 is 9.59 Å². The normalized spacial score (nSPS) is 9.81. The van der Waals surface area contributed by atoms with E-state index < -0.39 is 21.8 Å². The van der Waals surface area contributed by atoms with Crippen LogP contribution in [0.25, 0.3) is 0 Å². The van der Waals surface area contributed by atoms with Crippen LogP contribution < -0.4 is 9.81 Å². The van der Waals surface area contributed by atoms with Gasteiger partial charge in [0.05, 0.1) is 0 Å². The summed E-state index contributed by atoms with van der Waals surface area (Å²) in [5.74, 6) is -0.375. The van der Waals surface area contributed by atoms with Crippen LogP contribution >= 0.6 is 0 Å². The summed E-state index contributed by atoms with van der Waals surface area (Å²) < 4.78 is 4.61. The van der Waals surface area contributed by atoms with Gasteiger partial charge in [-0.3, -0.25) is 6.42 Å². The molecule has 3 aromatic carbocycles. The Morgan fingerprint density at radius 2 is 0.846 bits per heavy atom. The van der Waals surface area contributed by atoms with Crippen LogP contribution in [0.2, 0.25) is 0 Å². The van der Waals surface area contributed by atoms with Crippen LogP contribution in [0.5, 0.6) is 0 Å². The summed E-state index contributed by atoms with van der Waals surface area (Å²) in [6.45, 7) is 2.70. The summed E-state index contributed by atoms with van der Waals surface area (Å²) in [7, 11) is 0. The Hall–Kier alpha value is -2.25. The number of hydrogen-bond acceptors (Lipinski definition) is 2. The first kappa shape index (κ1) is 20.1. The molecule has 0 spiro atoms. The molecule has 0 unspecified atom stereocenters. The molecular formula is C23H22BiO2-. The molecule has 3 heteroatoms. The zero-order valence-corrected chi connectivity index (χ0v) is 18.5. The van der Waals surface area contributed by atoms with Gasteiger partial charge in [0.15, 0.2) is 0 Å². The number of benzene rings is 3. The third-order valence-corrected chi connectivity index (χ3v) is 12.9. The topological polar surface area (TPSA) is 34.1 Å². The second-order valence-electron chi connectivity index (χ2n) is 5.71. The molecule has 0 saturated carbocycles. The second kappa shape index (κ2) is 10.7. The van der Waals surface area contributed by atoms with E-state index in [2.05, 4.69) is 91.0 Å². The van der Waals surface area contributed by atoms with Gasteiger partial charge in [-0.25, -0.2) is 0 Å². The van der Waals surface area contributed by atoms with E-state index in [1.807, 2.05) is 0 Å². The number of carbonyl (C=O) groups excluding carboxylic acids is 2. The number of rotatable bonds is 5. The van der Waals surface area contributed by atoms with Gasteiger partial charge in [0, 0.05) is 11.6 Å². The summed E-state index contributed by atoms with van der Waals surface area (Å²) in [6, 6.07) is 33.0. The predicted octanol–water partition coefficient (Wildman–Crippen LogP) is 2.57. The average Bonchev–Trinajstić information content (AvgIpc) is 2.64. The molecule has 2 nitrogen and oxygen atoms in total.